The zero-order valence-corrected chi connectivity index (χ0v) is 13.3. The summed E-state index contributed by atoms with van der Waals surface area (Å²) in [5.74, 6) is -2.56. The van der Waals surface area contributed by atoms with Crippen molar-refractivity contribution >= 4 is 21.6 Å². The topological polar surface area (TPSA) is 28.6 Å². The number of anilines is 1. The number of rotatable bonds is 3. The smallest absolute Gasteiger partial charge is 0.261 e. The zero-order chi connectivity index (χ0) is 14.9. The van der Waals surface area contributed by atoms with Gasteiger partial charge in [-0.3, -0.25) is 4.90 Å². The van der Waals surface area contributed by atoms with Gasteiger partial charge < -0.3 is 9.64 Å². The molecule has 2 aliphatic heterocycles. The average molecular weight is 362 g/mol. The van der Waals surface area contributed by atoms with E-state index in [-0.39, 0.29) is 13.0 Å². The predicted octanol–water partition coefficient (Wildman–Crippen LogP) is 2.52. The van der Waals surface area contributed by atoms with Crippen LogP contribution in [0.5, 0.6) is 0 Å². The molecule has 0 atom stereocenters. The number of pyridine rings is 1. The molecule has 7 heteroatoms. The van der Waals surface area contributed by atoms with Gasteiger partial charge >= 0.3 is 0 Å². The molecule has 0 spiro atoms. The summed E-state index contributed by atoms with van der Waals surface area (Å²) in [6, 6.07) is 3.90. The van der Waals surface area contributed by atoms with Gasteiger partial charge in [-0.05, 0) is 28.1 Å². The third-order valence-corrected chi connectivity index (χ3v) is 4.33. The van der Waals surface area contributed by atoms with Crippen molar-refractivity contribution < 1.29 is 13.5 Å². The lowest BCUT2D eigenvalue weighted by Gasteiger charge is -2.31. The number of alkyl halides is 2. The number of nitrogens with zero attached hydrogens (tertiary/aromatic N) is 3. The Balaban J connectivity index is 1.78. The summed E-state index contributed by atoms with van der Waals surface area (Å²) in [5, 5.41) is 0. The van der Waals surface area contributed by atoms with Gasteiger partial charge in [-0.1, -0.05) is 0 Å². The molecular formula is C14H18BrF2N3O. The van der Waals surface area contributed by atoms with Crippen molar-refractivity contribution in [2.24, 2.45) is 0 Å². The third-order valence-electron chi connectivity index (χ3n) is 3.89. The minimum atomic E-state index is -2.56. The molecule has 0 radical (unpaired) electrons. The van der Waals surface area contributed by atoms with Crippen molar-refractivity contribution in [3.63, 3.8) is 0 Å². The summed E-state index contributed by atoms with van der Waals surface area (Å²) in [7, 11) is 0. The van der Waals surface area contributed by atoms with Gasteiger partial charge in [-0.25, -0.2) is 13.8 Å². The lowest BCUT2D eigenvalue weighted by molar-refractivity contribution is 0.0114. The fourth-order valence-corrected chi connectivity index (χ4v) is 3.18. The molecule has 116 valence electrons. The van der Waals surface area contributed by atoms with Crippen LogP contribution in [0.3, 0.4) is 0 Å². The van der Waals surface area contributed by atoms with E-state index in [9.17, 15) is 8.78 Å². The average Bonchev–Trinajstić information content (AvgIpc) is 2.79. The number of hydrogen-bond acceptors (Lipinski definition) is 4. The largest absolute Gasteiger partial charge is 0.378 e. The molecule has 0 unspecified atom stereocenters. The van der Waals surface area contributed by atoms with Crippen LogP contribution in [0.2, 0.25) is 0 Å². The van der Waals surface area contributed by atoms with Crippen molar-refractivity contribution in [3.8, 4) is 0 Å². The Morgan fingerprint density at radius 1 is 1.24 bits per heavy atom. The Kier molecular flexibility index (Phi) is 4.42. The quantitative estimate of drug-likeness (QED) is 0.773. The van der Waals surface area contributed by atoms with Gasteiger partial charge in [0.1, 0.15) is 4.60 Å². The van der Waals surface area contributed by atoms with E-state index in [1.165, 1.54) is 0 Å². The maximum atomic E-state index is 13.3. The maximum Gasteiger partial charge on any atom is 0.261 e. The fraction of sp³-hybridized carbons (Fsp3) is 0.643. The summed E-state index contributed by atoms with van der Waals surface area (Å²) < 4.78 is 32.8. The minimum absolute atomic E-state index is 0.0616. The predicted molar refractivity (Wildman–Crippen MR) is 79.8 cm³/mol. The van der Waals surface area contributed by atoms with Crippen molar-refractivity contribution in [2.45, 2.75) is 18.9 Å². The molecule has 0 N–H and O–H groups in total. The van der Waals surface area contributed by atoms with Gasteiger partial charge in [0.25, 0.3) is 5.92 Å². The summed E-state index contributed by atoms with van der Waals surface area (Å²) in [6.07, 6.45) is -0.0616. The van der Waals surface area contributed by atoms with E-state index in [1.54, 1.807) is 4.90 Å². The molecule has 3 rings (SSSR count). The molecule has 2 fully saturated rings. The number of ether oxygens (including phenoxy) is 1. The molecule has 2 aliphatic rings. The van der Waals surface area contributed by atoms with Crippen LogP contribution in [0.1, 0.15) is 12.1 Å². The van der Waals surface area contributed by atoms with E-state index in [4.69, 9.17) is 4.74 Å². The second-order valence-electron chi connectivity index (χ2n) is 5.52. The van der Waals surface area contributed by atoms with Crippen molar-refractivity contribution in [2.75, 3.05) is 44.3 Å². The SMILES string of the molecule is FC1(F)CCN(Cc2nc(Br)ccc2N2CCOCC2)C1. The van der Waals surface area contributed by atoms with Gasteiger partial charge in [0.05, 0.1) is 31.1 Å². The van der Waals surface area contributed by atoms with Gasteiger partial charge in [-0.15, -0.1) is 0 Å². The van der Waals surface area contributed by atoms with E-state index in [0.29, 0.717) is 26.3 Å². The molecule has 0 saturated carbocycles. The lowest BCUT2D eigenvalue weighted by Crippen LogP contribution is -2.37. The Hall–Kier alpha value is -0.790. The van der Waals surface area contributed by atoms with Crippen LogP contribution in [-0.4, -0.2) is 55.2 Å². The first-order chi connectivity index (χ1) is 10.0. The van der Waals surface area contributed by atoms with Crippen LogP contribution in [0, 0.1) is 0 Å². The number of likely N-dealkylation sites (tertiary alicyclic amines) is 1. The monoisotopic (exact) mass is 361 g/mol. The highest BCUT2D eigenvalue weighted by Gasteiger charge is 2.38. The molecule has 1 aromatic heterocycles. The summed E-state index contributed by atoms with van der Waals surface area (Å²) in [6.45, 7) is 3.71. The first-order valence-corrected chi connectivity index (χ1v) is 7.91. The Labute approximate surface area is 131 Å². The van der Waals surface area contributed by atoms with Crippen LogP contribution >= 0.6 is 15.9 Å². The standard InChI is InChI=1S/C14H18BrF2N3O/c15-13-2-1-12(20-5-7-21-8-6-20)11(18-13)9-19-4-3-14(16,17)10-19/h1-2H,3-10H2. The number of halogens is 3. The van der Waals surface area contributed by atoms with Crippen LogP contribution in [-0.2, 0) is 11.3 Å². The van der Waals surface area contributed by atoms with Crippen LogP contribution < -0.4 is 4.90 Å². The van der Waals surface area contributed by atoms with Crippen molar-refractivity contribution in [3.05, 3.63) is 22.4 Å². The van der Waals surface area contributed by atoms with Gasteiger partial charge in [-0.2, -0.15) is 0 Å². The second-order valence-corrected chi connectivity index (χ2v) is 6.33. The van der Waals surface area contributed by atoms with E-state index >= 15 is 0 Å². The van der Waals surface area contributed by atoms with Gasteiger partial charge in [0.2, 0.25) is 0 Å². The zero-order valence-electron chi connectivity index (χ0n) is 11.7. The number of morpholine rings is 1. The molecule has 0 aliphatic carbocycles. The molecule has 0 amide bonds. The van der Waals surface area contributed by atoms with E-state index in [0.717, 1.165) is 29.1 Å². The number of aromatic nitrogens is 1. The Morgan fingerprint density at radius 3 is 2.67 bits per heavy atom. The van der Waals surface area contributed by atoms with Crippen LogP contribution in [0.25, 0.3) is 0 Å². The highest BCUT2D eigenvalue weighted by Crippen LogP contribution is 2.30. The molecule has 4 nitrogen and oxygen atoms in total. The van der Waals surface area contributed by atoms with Crippen molar-refractivity contribution in [1.82, 2.24) is 9.88 Å². The number of hydrogen-bond donors (Lipinski definition) is 0. The maximum absolute atomic E-state index is 13.3. The molecule has 1 aromatic rings. The normalized spacial score (nSPS) is 22.7. The first-order valence-electron chi connectivity index (χ1n) is 7.12. The lowest BCUT2D eigenvalue weighted by atomic mass is 10.2. The van der Waals surface area contributed by atoms with E-state index in [2.05, 4.69) is 25.8 Å². The summed E-state index contributed by atoms with van der Waals surface area (Å²) in [5.41, 5.74) is 1.88. The summed E-state index contributed by atoms with van der Waals surface area (Å²) >= 11 is 3.37. The Morgan fingerprint density at radius 2 is 2.00 bits per heavy atom. The van der Waals surface area contributed by atoms with Gasteiger partial charge in [0.15, 0.2) is 0 Å². The molecule has 0 aromatic carbocycles. The molecule has 2 saturated heterocycles. The third kappa shape index (κ3) is 3.70. The Bertz CT molecular complexity index is 509. The summed E-state index contributed by atoms with van der Waals surface area (Å²) in [4.78, 5) is 8.50. The second kappa shape index (κ2) is 6.14. The highest BCUT2D eigenvalue weighted by molar-refractivity contribution is 9.10. The molecule has 0 bridgehead atoms. The molecule has 3 heterocycles. The highest BCUT2D eigenvalue weighted by atomic mass is 79.9. The minimum Gasteiger partial charge on any atom is -0.378 e. The van der Waals surface area contributed by atoms with E-state index in [1.807, 2.05) is 12.1 Å². The van der Waals surface area contributed by atoms with E-state index < -0.39 is 5.92 Å². The van der Waals surface area contributed by atoms with Crippen LogP contribution in [0.4, 0.5) is 14.5 Å². The fourth-order valence-electron chi connectivity index (χ4n) is 2.83. The first kappa shape index (κ1) is 15.1. The molecular weight excluding hydrogens is 344 g/mol. The van der Waals surface area contributed by atoms with Crippen LogP contribution in [0.15, 0.2) is 16.7 Å². The van der Waals surface area contributed by atoms with Crippen molar-refractivity contribution in [1.29, 1.82) is 0 Å². The molecule has 21 heavy (non-hydrogen) atoms. The van der Waals surface area contributed by atoms with Gasteiger partial charge in [0, 0.05) is 32.6 Å².